The van der Waals surface area contributed by atoms with Gasteiger partial charge in [-0.15, -0.1) is 0 Å². The Morgan fingerprint density at radius 1 is 1.11 bits per heavy atom. The van der Waals surface area contributed by atoms with Crippen LogP contribution in [-0.2, 0) is 13.1 Å². The van der Waals surface area contributed by atoms with Gasteiger partial charge in [0.15, 0.2) is 0 Å². The van der Waals surface area contributed by atoms with Crippen molar-refractivity contribution in [1.82, 2.24) is 14.8 Å². The van der Waals surface area contributed by atoms with Gasteiger partial charge >= 0.3 is 0 Å². The Morgan fingerprint density at radius 2 is 1.89 bits per heavy atom. The van der Waals surface area contributed by atoms with E-state index in [0.717, 1.165) is 13.1 Å². The molecule has 102 valence electrons. The third-order valence-electron chi connectivity index (χ3n) is 4.09. The second kappa shape index (κ2) is 5.76. The van der Waals surface area contributed by atoms with E-state index in [9.17, 15) is 0 Å². The molecule has 3 rings (SSSR count). The Morgan fingerprint density at radius 3 is 2.68 bits per heavy atom. The lowest BCUT2D eigenvalue weighted by molar-refractivity contribution is 0.324. The van der Waals surface area contributed by atoms with Crippen LogP contribution in [0.2, 0.25) is 0 Å². The number of rotatable bonds is 5. The van der Waals surface area contributed by atoms with Crippen molar-refractivity contribution in [1.29, 1.82) is 0 Å². The van der Waals surface area contributed by atoms with E-state index in [0.29, 0.717) is 0 Å². The van der Waals surface area contributed by atoms with Crippen LogP contribution in [-0.4, -0.2) is 36.1 Å². The maximum atomic E-state index is 3.26. The smallest absolute Gasteiger partial charge is 0.0484 e. The van der Waals surface area contributed by atoms with Crippen LogP contribution in [0.3, 0.4) is 0 Å². The summed E-state index contributed by atoms with van der Waals surface area (Å²) in [5, 5.41) is 4.65. The molecular formula is C16H23N3. The average Bonchev–Trinajstić information content (AvgIpc) is 3.06. The molecule has 0 spiro atoms. The van der Waals surface area contributed by atoms with E-state index in [2.05, 4.69) is 45.2 Å². The quantitative estimate of drug-likeness (QED) is 0.888. The Hall–Kier alpha value is -1.32. The summed E-state index contributed by atoms with van der Waals surface area (Å²) in [6.07, 6.45) is 5.06. The lowest BCUT2D eigenvalue weighted by Crippen LogP contribution is -2.23. The fraction of sp³-hybridized carbons (Fsp3) is 0.500. The molecule has 0 saturated carbocycles. The predicted molar refractivity (Wildman–Crippen MR) is 80.4 cm³/mol. The van der Waals surface area contributed by atoms with Gasteiger partial charge in [-0.3, -0.25) is 0 Å². The minimum atomic E-state index is 0.942. The van der Waals surface area contributed by atoms with Gasteiger partial charge in [-0.1, -0.05) is 18.2 Å². The van der Waals surface area contributed by atoms with Crippen molar-refractivity contribution in [3.8, 4) is 0 Å². The molecule has 1 aromatic carbocycles. The molecule has 1 fully saturated rings. The van der Waals surface area contributed by atoms with Crippen LogP contribution < -0.4 is 5.32 Å². The summed E-state index contributed by atoms with van der Waals surface area (Å²) in [5.41, 5.74) is 2.77. The molecule has 0 aliphatic carbocycles. The second-order valence-electron chi connectivity index (χ2n) is 5.44. The number of hydrogen-bond acceptors (Lipinski definition) is 2. The Labute approximate surface area is 115 Å². The molecule has 0 atom stereocenters. The van der Waals surface area contributed by atoms with Crippen molar-refractivity contribution in [3.05, 3.63) is 36.0 Å². The van der Waals surface area contributed by atoms with Crippen molar-refractivity contribution in [2.45, 2.75) is 25.9 Å². The third kappa shape index (κ3) is 2.67. The largest absolute Gasteiger partial charge is 0.346 e. The number of fused-ring (bicyclic) bond motifs is 1. The summed E-state index contributed by atoms with van der Waals surface area (Å²) in [4.78, 5) is 2.58. The van der Waals surface area contributed by atoms with Crippen molar-refractivity contribution in [2.24, 2.45) is 0 Å². The van der Waals surface area contributed by atoms with Crippen LogP contribution in [0.15, 0.2) is 30.5 Å². The van der Waals surface area contributed by atoms with Gasteiger partial charge in [-0.25, -0.2) is 0 Å². The number of nitrogens with one attached hydrogen (secondary N) is 1. The third-order valence-corrected chi connectivity index (χ3v) is 4.09. The van der Waals surface area contributed by atoms with Gasteiger partial charge in [0.1, 0.15) is 0 Å². The maximum Gasteiger partial charge on any atom is 0.0484 e. The van der Waals surface area contributed by atoms with Gasteiger partial charge in [0.05, 0.1) is 0 Å². The highest BCUT2D eigenvalue weighted by Crippen LogP contribution is 2.21. The zero-order chi connectivity index (χ0) is 13.1. The normalized spacial score (nSPS) is 16.5. The lowest BCUT2D eigenvalue weighted by atomic mass is 10.2. The SMILES string of the molecule is CNCc1cn(CCN2CCCC2)c2ccccc12. The molecule has 3 nitrogen and oxygen atoms in total. The maximum absolute atomic E-state index is 3.26. The molecule has 1 saturated heterocycles. The van der Waals surface area contributed by atoms with E-state index >= 15 is 0 Å². The standard InChI is InChI=1S/C16H23N3/c1-17-12-14-13-19(11-10-18-8-4-5-9-18)16-7-3-2-6-15(14)16/h2-3,6-7,13,17H,4-5,8-12H2,1H3. The molecule has 0 radical (unpaired) electrons. The summed E-state index contributed by atoms with van der Waals surface area (Å²) >= 11 is 0. The molecule has 1 N–H and O–H groups in total. The monoisotopic (exact) mass is 257 g/mol. The average molecular weight is 257 g/mol. The molecule has 0 bridgehead atoms. The van der Waals surface area contributed by atoms with E-state index in [1.54, 1.807) is 0 Å². The molecule has 19 heavy (non-hydrogen) atoms. The first kappa shape index (κ1) is 12.7. The number of aromatic nitrogens is 1. The number of likely N-dealkylation sites (tertiary alicyclic amines) is 1. The minimum Gasteiger partial charge on any atom is -0.346 e. The molecule has 0 amide bonds. The van der Waals surface area contributed by atoms with Gasteiger partial charge in [0.25, 0.3) is 0 Å². The van der Waals surface area contributed by atoms with Crippen LogP contribution in [0.25, 0.3) is 10.9 Å². The Bertz CT molecular complexity index is 538. The molecule has 3 heteroatoms. The predicted octanol–water partition coefficient (Wildman–Crippen LogP) is 2.46. The van der Waals surface area contributed by atoms with Crippen LogP contribution in [0.4, 0.5) is 0 Å². The summed E-state index contributed by atoms with van der Waals surface area (Å²) in [5.74, 6) is 0. The molecule has 2 aromatic rings. The van der Waals surface area contributed by atoms with Crippen LogP contribution in [0.5, 0.6) is 0 Å². The van der Waals surface area contributed by atoms with Crippen molar-refractivity contribution >= 4 is 10.9 Å². The van der Waals surface area contributed by atoms with Crippen molar-refractivity contribution in [2.75, 3.05) is 26.7 Å². The van der Waals surface area contributed by atoms with E-state index < -0.39 is 0 Å². The van der Waals surface area contributed by atoms with Crippen molar-refractivity contribution in [3.63, 3.8) is 0 Å². The highest BCUT2D eigenvalue weighted by atomic mass is 15.2. The topological polar surface area (TPSA) is 20.2 Å². The van der Waals surface area contributed by atoms with Gasteiger partial charge in [0, 0.05) is 36.7 Å². The number of benzene rings is 1. The zero-order valence-electron chi connectivity index (χ0n) is 11.7. The fourth-order valence-electron chi connectivity index (χ4n) is 3.09. The molecule has 1 aliphatic rings. The van der Waals surface area contributed by atoms with Gasteiger partial charge in [-0.2, -0.15) is 0 Å². The first-order valence-corrected chi connectivity index (χ1v) is 7.32. The Kier molecular flexibility index (Phi) is 3.85. The van der Waals surface area contributed by atoms with Crippen LogP contribution >= 0.6 is 0 Å². The molecule has 1 aliphatic heterocycles. The molecule has 0 unspecified atom stereocenters. The summed E-state index contributed by atoms with van der Waals surface area (Å²) in [7, 11) is 2.01. The van der Waals surface area contributed by atoms with Crippen LogP contribution in [0.1, 0.15) is 18.4 Å². The zero-order valence-corrected chi connectivity index (χ0v) is 11.7. The van der Waals surface area contributed by atoms with E-state index in [-0.39, 0.29) is 0 Å². The highest BCUT2D eigenvalue weighted by Gasteiger charge is 2.12. The summed E-state index contributed by atoms with van der Waals surface area (Å²) < 4.78 is 2.42. The minimum absolute atomic E-state index is 0.942. The fourth-order valence-corrected chi connectivity index (χ4v) is 3.09. The Balaban J connectivity index is 1.81. The molecule has 1 aromatic heterocycles. The van der Waals surface area contributed by atoms with E-state index in [1.165, 1.54) is 48.9 Å². The van der Waals surface area contributed by atoms with Gasteiger partial charge in [0.2, 0.25) is 0 Å². The number of para-hydroxylation sites is 1. The first-order chi connectivity index (χ1) is 9.38. The molecular weight excluding hydrogens is 234 g/mol. The van der Waals surface area contributed by atoms with Gasteiger partial charge in [-0.05, 0) is 44.6 Å². The lowest BCUT2D eigenvalue weighted by Gasteiger charge is -2.15. The van der Waals surface area contributed by atoms with E-state index in [1.807, 2.05) is 7.05 Å². The first-order valence-electron chi connectivity index (χ1n) is 7.32. The summed E-state index contributed by atoms with van der Waals surface area (Å²) in [6.45, 7) is 5.78. The second-order valence-corrected chi connectivity index (χ2v) is 5.44. The summed E-state index contributed by atoms with van der Waals surface area (Å²) in [6, 6.07) is 8.73. The van der Waals surface area contributed by atoms with Crippen molar-refractivity contribution < 1.29 is 0 Å². The van der Waals surface area contributed by atoms with Crippen LogP contribution in [0, 0.1) is 0 Å². The highest BCUT2D eigenvalue weighted by molar-refractivity contribution is 5.83. The molecule has 2 heterocycles. The van der Waals surface area contributed by atoms with Gasteiger partial charge < -0.3 is 14.8 Å². The number of hydrogen-bond donors (Lipinski definition) is 1. The number of nitrogens with zero attached hydrogens (tertiary/aromatic N) is 2. The van der Waals surface area contributed by atoms with E-state index in [4.69, 9.17) is 0 Å².